The van der Waals surface area contributed by atoms with Gasteiger partial charge >= 0.3 is 0 Å². The number of hydrogen-bond acceptors (Lipinski definition) is 8. The molecule has 3 aromatic rings. The number of ether oxygens (including phenoxy) is 3. The smallest absolute Gasteiger partial charge is 0.291 e. The summed E-state index contributed by atoms with van der Waals surface area (Å²) in [5, 5.41) is 12.5. The zero-order valence-corrected chi connectivity index (χ0v) is 19.5. The third kappa shape index (κ3) is 5.23. The van der Waals surface area contributed by atoms with Gasteiger partial charge in [-0.05, 0) is 30.3 Å². The van der Waals surface area contributed by atoms with E-state index in [-0.39, 0.29) is 34.3 Å². The molecule has 0 aliphatic carbocycles. The van der Waals surface area contributed by atoms with Crippen LogP contribution < -0.4 is 19.5 Å². The number of carbonyl (C=O) groups excluding carboxylic acids is 1. The minimum absolute atomic E-state index is 0.00284. The summed E-state index contributed by atoms with van der Waals surface area (Å²) in [7, 11) is 1.08. The molecule has 1 heterocycles. The van der Waals surface area contributed by atoms with Crippen LogP contribution in [0.4, 0.5) is 5.69 Å². The Balaban J connectivity index is 1.83. The molecule has 2 aromatic carbocycles. The monoisotopic (exact) mass is 475 g/mol. The third-order valence-corrected chi connectivity index (χ3v) is 6.74. The van der Waals surface area contributed by atoms with E-state index in [4.69, 9.17) is 18.6 Å². The minimum Gasteiger partial charge on any atom is -0.506 e. The van der Waals surface area contributed by atoms with Crippen LogP contribution in [0.3, 0.4) is 0 Å². The Bertz CT molecular complexity index is 1240. The highest BCUT2D eigenvalue weighted by atomic mass is 32.2. The van der Waals surface area contributed by atoms with Crippen LogP contribution in [0.15, 0.2) is 51.8 Å². The van der Waals surface area contributed by atoms with Crippen molar-refractivity contribution in [3.8, 4) is 23.0 Å². The number of methoxy groups -OCH3 is 3. The molecule has 0 aliphatic heterocycles. The van der Waals surface area contributed by atoms with Gasteiger partial charge in [-0.3, -0.25) is 4.79 Å². The molecular weight excluding hydrogens is 450 g/mol. The molecule has 0 aliphatic rings. The predicted octanol–water partition coefficient (Wildman–Crippen LogP) is 3.65. The number of aromatic hydroxyl groups is 1. The van der Waals surface area contributed by atoms with E-state index in [9.17, 15) is 18.3 Å². The summed E-state index contributed by atoms with van der Waals surface area (Å²) in [5.74, 6) is 1.08. The summed E-state index contributed by atoms with van der Waals surface area (Å²) >= 11 is 0. The van der Waals surface area contributed by atoms with Crippen LogP contribution in [0.25, 0.3) is 0 Å². The van der Waals surface area contributed by atoms with E-state index >= 15 is 0 Å². The van der Waals surface area contributed by atoms with Crippen molar-refractivity contribution < 1.29 is 36.9 Å². The van der Waals surface area contributed by atoms with Gasteiger partial charge < -0.3 is 29.1 Å². The van der Waals surface area contributed by atoms with E-state index in [0.717, 1.165) is 0 Å². The van der Waals surface area contributed by atoms with Crippen LogP contribution in [0.2, 0.25) is 0 Å². The molecule has 3 rings (SSSR count). The lowest BCUT2D eigenvalue weighted by atomic mass is 10.1. The van der Waals surface area contributed by atoms with E-state index in [0.29, 0.717) is 28.6 Å². The molecule has 0 atom stereocenters. The number of rotatable bonds is 9. The molecule has 1 aromatic heterocycles. The lowest BCUT2D eigenvalue weighted by molar-refractivity contribution is 0.0994. The first-order valence-electron chi connectivity index (χ1n) is 9.97. The maximum atomic E-state index is 12.7. The molecule has 0 saturated heterocycles. The van der Waals surface area contributed by atoms with Gasteiger partial charge in [-0.25, -0.2) is 8.42 Å². The Kier molecular flexibility index (Phi) is 7.17. The summed E-state index contributed by atoms with van der Waals surface area (Å²) in [6.07, 6.45) is 0.277. The molecule has 176 valence electrons. The van der Waals surface area contributed by atoms with Crippen LogP contribution >= 0.6 is 0 Å². The van der Waals surface area contributed by atoms with Crippen LogP contribution in [-0.2, 0) is 16.3 Å². The molecule has 0 saturated carbocycles. The fourth-order valence-corrected chi connectivity index (χ4v) is 4.09. The Morgan fingerprint density at radius 3 is 2.24 bits per heavy atom. The SMILES string of the molecule is CCS(=O)(=O)c1ccc(O)c(NC(=O)c2ccc(Cc3c(OC)cc(OC)cc3OC)o2)c1. The third-order valence-electron chi connectivity index (χ3n) is 5.01. The number of phenolic OH excluding ortho intramolecular Hbond substituents is 1. The van der Waals surface area contributed by atoms with Crippen LogP contribution in [-0.4, -0.2) is 46.5 Å². The highest BCUT2D eigenvalue weighted by molar-refractivity contribution is 7.91. The Morgan fingerprint density at radius 2 is 1.67 bits per heavy atom. The molecule has 0 radical (unpaired) electrons. The summed E-state index contributed by atoms with van der Waals surface area (Å²) in [6, 6.07) is 10.3. The molecule has 0 unspecified atom stereocenters. The Morgan fingerprint density at radius 1 is 1.00 bits per heavy atom. The molecule has 9 nitrogen and oxygen atoms in total. The van der Waals surface area contributed by atoms with Gasteiger partial charge in [-0.1, -0.05) is 6.92 Å². The van der Waals surface area contributed by atoms with Crippen molar-refractivity contribution in [2.24, 2.45) is 0 Å². The standard InChI is InChI=1S/C23H25NO8S/c1-5-33(27,28)16-7-8-19(25)18(13-16)24-23(26)20-9-6-14(32-20)10-17-21(30-3)11-15(29-2)12-22(17)31-4/h6-9,11-13,25H,5,10H2,1-4H3,(H,24,26). The molecule has 0 spiro atoms. The number of amides is 1. The van der Waals surface area contributed by atoms with Crippen molar-refractivity contribution in [1.82, 2.24) is 0 Å². The summed E-state index contributed by atoms with van der Waals surface area (Å²) in [4.78, 5) is 12.7. The molecule has 0 bridgehead atoms. The average molecular weight is 476 g/mol. The van der Waals surface area contributed by atoms with Crippen LogP contribution in [0.1, 0.15) is 28.8 Å². The van der Waals surface area contributed by atoms with Crippen molar-refractivity contribution in [2.75, 3.05) is 32.4 Å². The number of phenols is 1. The first kappa shape index (κ1) is 24.0. The van der Waals surface area contributed by atoms with Gasteiger partial charge in [-0.2, -0.15) is 0 Å². The molecule has 10 heteroatoms. The van der Waals surface area contributed by atoms with E-state index in [1.807, 2.05) is 0 Å². The molecule has 0 fully saturated rings. The second-order valence-electron chi connectivity index (χ2n) is 6.99. The first-order valence-corrected chi connectivity index (χ1v) is 11.6. The Hall–Kier alpha value is -3.66. The topological polar surface area (TPSA) is 124 Å². The van der Waals surface area contributed by atoms with E-state index in [1.54, 1.807) is 18.2 Å². The maximum absolute atomic E-state index is 12.7. The van der Waals surface area contributed by atoms with Gasteiger partial charge in [0.1, 0.15) is 28.8 Å². The fourth-order valence-electron chi connectivity index (χ4n) is 3.18. The van der Waals surface area contributed by atoms with E-state index in [1.165, 1.54) is 52.5 Å². The normalized spacial score (nSPS) is 11.2. The van der Waals surface area contributed by atoms with Crippen LogP contribution in [0.5, 0.6) is 23.0 Å². The number of hydrogen-bond donors (Lipinski definition) is 2. The Labute approximate surface area is 191 Å². The number of nitrogens with one attached hydrogen (secondary N) is 1. The second kappa shape index (κ2) is 9.86. The lowest BCUT2D eigenvalue weighted by Gasteiger charge is -2.14. The minimum atomic E-state index is -3.51. The summed E-state index contributed by atoms with van der Waals surface area (Å²) in [6.45, 7) is 1.51. The highest BCUT2D eigenvalue weighted by Crippen LogP contribution is 2.36. The van der Waals surface area contributed by atoms with Gasteiger partial charge in [0.25, 0.3) is 5.91 Å². The molecular formula is C23H25NO8S. The maximum Gasteiger partial charge on any atom is 0.291 e. The van der Waals surface area contributed by atoms with Gasteiger partial charge in [0.05, 0.1) is 37.7 Å². The van der Waals surface area contributed by atoms with E-state index in [2.05, 4.69) is 5.32 Å². The lowest BCUT2D eigenvalue weighted by Crippen LogP contribution is -2.12. The van der Waals surface area contributed by atoms with Crippen molar-refractivity contribution in [3.05, 3.63) is 59.5 Å². The van der Waals surface area contributed by atoms with Gasteiger partial charge in [0.15, 0.2) is 15.6 Å². The zero-order valence-electron chi connectivity index (χ0n) is 18.7. The molecule has 1 amide bonds. The quantitative estimate of drug-likeness (QED) is 0.450. The van der Waals surface area contributed by atoms with Gasteiger partial charge in [-0.15, -0.1) is 0 Å². The van der Waals surface area contributed by atoms with Crippen molar-refractivity contribution >= 4 is 21.4 Å². The van der Waals surface area contributed by atoms with Crippen molar-refractivity contribution in [3.63, 3.8) is 0 Å². The van der Waals surface area contributed by atoms with Gasteiger partial charge in [0, 0.05) is 24.1 Å². The van der Waals surface area contributed by atoms with Crippen molar-refractivity contribution in [1.29, 1.82) is 0 Å². The predicted molar refractivity (Wildman–Crippen MR) is 121 cm³/mol. The number of benzene rings is 2. The number of carbonyl (C=O) groups is 1. The zero-order chi connectivity index (χ0) is 24.2. The number of sulfone groups is 1. The highest BCUT2D eigenvalue weighted by Gasteiger charge is 2.19. The first-order chi connectivity index (χ1) is 15.7. The molecule has 33 heavy (non-hydrogen) atoms. The molecule has 2 N–H and O–H groups in total. The average Bonchev–Trinajstić information content (AvgIpc) is 3.29. The van der Waals surface area contributed by atoms with E-state index < -0.39 is 15.7 Å². The van der Waals surface area contributed by atoms with Gasteiger partial charge in [0.2, 0.25) is 0 Å². The number of anilines is 1. The largest absolute Gasteiger partial charge is 0.506 e. The van der Waals surface area contributed by atoms with Crippen LogP contribution in [0, 0.1) is 0 Å². The number of furan rings is 1. The summed E-state index contributed by atoms with van der Waals surface area (Å²) in [5.41, 5.74) is 0.670. The summed E-state index contributed by atoms with van der Waals surface area (Å²) < 4.78 is 46.0. The second-order valence-corrected chi connectivity index (χ2v) is 9.27. The fraction of sp³-hybridized carbons (Fsp3) is 0.261. The van der Waals surface area contributed by atoms with Crippen molar-refractivity contribution in [2.45, 2.75) is 18.2 Å².